The van der Waals surface area contributed by atoms with Crippen LogP contribution < -0.4 is 0 Å². The molecule has 0 bridgehead atoms. The summed E-state index contributed by atoms with van der Waals surface area (Å²) in [5.74, 6) is 0. The Morgan fingerprint density at radius 2 is 1.62 bits per heavy atom. The summed E-state index contributed by atoms with van der Waals surface area (Å²) in [7, 11) is 0. The van der Waals surface area contributed by atoms with Crippen molar-refractivity contribution in [2.24, 2.45) is 0 Å². The Morgan fingerprint density at radius 3 is 2.12 bits per heavy atom. The van der Waals surface area contributed by atoms with Crippen molar-refractivity contribution in [3.05, 3.63) is 35.4 Å². The molecule has 0 aliphatic rings. The maximum atomic E-state index is 9.89. The molecule has 16 heavy (non-hydrogen) atoms. The molecule has 2 unspecified atom stereocenters. The molecule has 2 heteroatoms. The van der Waals surface area contributed by atoms with Crippen LogP contribution in [0.2, 0.25) is 0 Å². The number of hydrogen-bond acceptors (Lipinski definition) is 2. The zero-order valence-corrected chi connectivity index (χ0v) is 10.2. The van der Waals surface area contributed by atoms with Crippen molar-refractivity contribution in [2.45, 2.75) is 51.7 Å². The molecule has 2 N–H and O–H groups in total. The van der Waals surface area contributed by atoms with E-state index in [4.69, 9.17) is 0 Å². The van der Waals surface area contributed by atoms with E-state index in [0.29, 0.717) is 6.42 Å². The fourth-order valence-electron chi connectivity index (χ4n) is 1.85. The predicted molar refractivity (Wildman–Crippen MR) is 66.3 cm³/mol. The Morgan fingerprint density at radius 1 is 1.00 bits per heavy atom. The number of rotatable bonds is 6. The fraction of sp³-hybridized carbons (Fsp3) is 0.571. The van der Waals surface area contributed by atoms with Gasteiger partial charge in [0.15, 0.2) is 0 Å². The van der Waals surface area contributed by atoms with E-state index in [1.807, 2.05) is 31.2 Å². The van der Waals surface area contributed by atoms with Crippen molar-refractivity contribution in [1.29, 1.82) is 0 Å². The van der Waals surface area contributed by atoms with Crippen LogP contribution in [0.5, 0.6) is 0 Å². The zero-order chi connectivity index (χ0) is 12.0. The monoisotopic (exact) mass is 222 g/mol. The van der Waals surface area contributed by atoms with Crippen molar-refractivity contribution < 1.29 is 10.2 Å². The van der Waals surface area contributed by atoms with Crippen LogP contribution in [0.1, 0.15) is 50.3 Å². The molecule has 0 saturated carbocycles. The van der Waals surface area contributed by atoms with Gasteiger partial charge in [-0.05, 0) is 24.0 Å². The lowest BCUT2D eigenvalue weighted by Crippen LogP contribution is -2.17. The van der Waals surface area contributed by atoms with Gasteiger partial charge in [-0.2, -0.15) is 0 Å². The van der Waals surface area contributed by atoms with Crippen LogP contribution in [0.25, 0.3) is 0 Å². The number of benzene rings is 1. The fourth-order valence-corrected chi connectivity index (χ4v) is 1.85. The second-order valence-electron chi connectivity index (χ2n) is 4.29. The Bertz CT molecular complexity index is 292. The molecule has 0 saturated heterocycles. The smallest absolute Gasteiger partial charge is 0.105 e. The van der Waals surface area contributed by atoms with Crippen molar-refractivity contribution in [2.75, 3.05) is 0 Å². The molecular formula is C14H22O2. The van der Waals surface area contributed by atoms with Gasteiger partial charge in [0.05, 0.1) is 6.10 Å². The van der Waals surface area contributed by atoms with E-state index in [1.165, 1.54) is 5.56 Å². The van der Waals surface area contributed by atoms with Crippen LogP contribution in [0.3, 0.4) is 0 Å². The van der Waals surface area contributed by atoms with Gasteiger partial charge in [0.1, 0.15) is 6.10 Å². The average molecular weight is 222 g/mol. The van der Waals surface area contributed by atoms with Crippen LogP contribution in [0.4, 0.5) is 0 Å². The van der Waals surface area contributed by atoms with Crippen molar-refractivity contribution in [1.82, 2.24) is 0 Å². The minimum absolute atomic E-state index is 0.637. The number of aryl methyl sites for hydroxylation is 1. The van der Waals surface area contributed by atoms with Gasteiger partial charge < -0.3 is 10.2 Å². The van der Waals surface area contributed by atoms with Crippen LogP contribution >= 0.6 is 0 Å². The minimum atomic E-state index is -0.754. The third-order valence-electron chi connectivity index (χ3n) is 2.81. The van der Waals surface area contributed by atoms with E-state index < -0.39 is 12.2 Å². The molecule has 0 amide bonds. The lowest BCUT2D eigenvalue weighted by Gasteiger charge is -2.17. The normalized spacial score (nSPS) is 14.8. The van der Waals surface area contributed by atoms with Crippen molar-refractivity contribution >= 4 is 0 Å². The predicted octanol–water partition coefficient (Wildman–Crippen LogP) is 2.83. The van der Waals surface area contributed by atoms with E-state index in [-0.39, 0.29) is 0 Å². The lowest BCUT2D eigenvalue weighted by atomic mass is 9.99. The molecule has 1 rings (SSSR count). The van der Waals surface area contributed by atoms with Gasteiger partial charge >= 0.3 is 0 Å². The zero-order valence-electron chi connectivity index (χ0n) is 10.2. The topological polar surface area (TPSA) is 40.5 Å². The molecule has 0 spiro atoms. The van der Waals surface area contributed by atoms with Gasteiger partial charge in [-0.3, -0.25) is 0 Å². The van der Waals surface area contributed by atoms with Crippen LogP contribution in [-0.2, 0) is 6.42 Å². The molecule has 0 fully saturated rings. The Balaban J connectivity index is 2.65. The Kier molecular flexibility index (Phi) is 5.50. The van der Waals surface area contributed by atoms with E-state index in [1.54, 1.807) is 0 Å². The maximum Gasteiger partial charge on any atom is 0.105 e. The molecule has 0 aliphatic heterocycles. The van der Waals surface area contributed by atoms with Gasteiger partial charge in [0.2, 0.25) is 0 Å². The minimum Gasteiger partial charge on any atom is -0.390 e. The van der Waals surface area contributed by atoms with E-state index in [2.05, 4.69) is 6.92 Å². The largest absolute Gasteiger partial charge is 0.390 e. The quantitative estimate of drug-likeness (QED) is 0.777. The molecule has 90 valence electrons. The first kappa shape index (κ1) is 13.2. The summed E-state index contributed by atoms with van der Waals surface area (Å²) in [5.41, 5.74) is 2.09. The third-order valence-corrected chi connectivity index (χ3v) is 2.81. The van der Waals surface area contributed by atoms with Crippen molar-refractivity contribution in [3.63, 3.8) is 0 Å². The van der Waals surface area contributed by atoms with Gasteiger partial charge in [0, 0.05) is 0 Å². The summed E-state index contributed by atoms with van der Waals surface area (Å²) in [6.07, 6.45) is 2.30. The summed E-state index contributed by atoms with van der Waals surface area (Å²) in [4.78, 5) is 0. The van der Waals surface area contributed by atoms with Gasteiger partial charge in [-0.25, -0.2) is 0 Å². The van der Waals surface area contributed by atoms with Crippen molar-refractivity contribution in [3.8, 4) is 0 Å². The first-order valence-electron chi connectivity index (χ1n) is 6.14. The highest BCUT2D eigenvalue weighted by molar-refractivity contribution is 5.24. The first-order valence-corrected chi connectivity index (χ1v) is 6.14. The van der Waals surface area contributed by atoms with Gasteiger partial charge in [-0.1, -0.05) is 51.0 Å². The lowest BCUT2D eigenvalue weighted by molar-refractivity contribution is 0.0131. The molecule has 0 aromatic heterocycles. The van der Waals surface area contributed by atoms with Gasteiger partial charge in [-0.15, -0.1) is 0 Å². The molecular weight excluding hydrogens is 200 g/mol. The average Bonchev–Trinajstić information content (AvgIpc) is 2.30. The Hall–Kier alpha value is -0.860. The van der Waals surface area contributed by atoms with Crippen LogP contribution in [0.15, 0.2) is 24.3 Å². The second-order valence-corrected chi connectivity index (χ2v) is 4.29. The summed E-state index contributed by atoms with van der Waals surface area (Å²) in [6.45, 7) is 4.15. The highest BCUT2D eigenvalue weighted by Gasteiger charge is 2.16. The first-order chi connectivity index (χ1) is 7.69. The summed E-state index contributed by atoms with van der Waals surface area (Å²) >= 11 is 0. The van der Waals surface area contributed by atoms with E-state index in [9.17, 15) is 10.2 Å². The number of aliphatic hydroxyl groups excluding tert-OH is 2. The number of hydrogen-bond donors (Lipinski definition) is 2. The highest BCUT2D eigenvalue weighted by atomic mass is 16.3. The molecule has 2 atom stereocenters. The molecule has 0 radical (unpaired) electrons. The van der Waals surface area contributed by atoms with Gasteiger partial charge in [0.25, 0.3) is 0 Å². The Labute approximate surface area is 97.9 Å². The van der Waals surface area contributed by atoms with E-state index >= 15 is 0 Å². The summed E-state index contributed by atoms with van der Waals surface area (Å²) in [6, 6.07) is 7.88. The standard InChI is InChI=1S/C14H22O2/c1-3-5-11-7-9-12(10-8-11)14(16)13(15)6-4-2/h7-10,13-16H,3-6H2,1-2H3. The molecule has 0 aliphatic carbocycles. The maximum absolute atomic E-state index is 9.89. The van der Waals surface area contributed by atoms with Crippen LogP contribution in [0, 0.1) is 0 Å². The summed E-state index contributed by atoms with van der Waals surface area (Å²) < 4.78 is 0. The number of aliphatic hydroxyl groups is 2. The molecule has 2 nitrogen and oxygen atoms in total. The molecule has 1 aromatic carbocycles. The molecule has 0 heterocycles. The molecule has 1 aromatic rings. The summed E-state index contributed by atoms with van der Waals surface area (Å²) in [5, 5.41) is 19.6. The van der Waals surface area contributed by atoms with Crippen LogP contribution in [-0.4, -0.2) is 16.3 Å². The second kappa shape index (κ2) is 6.66. The SMILES string of the molecule is CCCc1ccc(C(O)C(O)CCC)cc1. The third kappa shape index (κ3) is 3.62. The van der Waals surface area contributed by atoms with E-state index in [0.717, 1.165) is 24.8 Å². The highest BCUT2D eigenvalue weighted by Crippen LogP contribution is 2.20.